The largest absolute Gasteiger partial charge is 0.479 e. The maximum Gasteiger partial charge on any atom is 0.330 e. The van der Waals surface area contributed by atoms with Crippen LogP contribution in [-0.4, -0.2) is 45.4 Å². The zero-order valence-corrected chi connectivity index (χ0v) is 14.3. The first-order valence-electron chi connectivity index (χ1n) is 8.08. The number of aliphatic carboxylic acids is 1. The zero-order valence-electron chi connectivity index (χ0n) is 14.3. The van der Waals surface area contributed by atoms with Gasteiger partial charge in [0, 0.05) is 24.5 Å². The SMILES string of the molecule is CCOC1CC(NC(=O)c2cc(-c3ccco3)[nH]n2)(C(=O)O)C1(C)C. The lowest BCUT2D eigenvalue weighted by Crippen LogP contribution is -2.76. The standard InChI is InChI=1S/C17H21N3O5/c1-4-24-13-9-17(15(22)23,16(13,2)3)18-14(21)11-8-10(19-20-11)12-6-5-7-25-12/h5-8,13H,4,9H2,1-3H3,(H,18,21)(H,19,20)(H,22,23). The van der Waals surface area contributed by atoms with Gasteiger partial charge in [-0.15, -0.1) is 0 Å². The molecule has 1 aliphatic rings. The second kappa shape index (κ2) is 6.03. The molecule has 2 atom stereocenters. The van der Waals surface area contributed by atoms with Gasteiger partial charge in [-0.1, -0.05) is 13.8 Å². The Labute approximate surface area is 144 Å². The molecular formula is C17H21N3O5. The summed E-state index contributed by atoms with van der Waals surface area (Å²) < 4.78 is 10.8. The third kappa shape index (κ3) is 2.62. The molecule has 1 aliphatic carbocycles. The number of carbonyl (C=O) groups is 2. The Morgan fingerprint density at radius 2 is 2.28 bits per heavy atom. The highest BCUT2D eigenvalue weighted by molar-refractivity contribution is 5.98. The maximum atomic E-state index is 12.6. The molecular weight excluding hydrogens is 326 g/mol. The number of carboxylic acids is 1. The third-order valence-electron chi connectivity index (χ3n) is 5.05. The fourth-order valence-corrected chi connectivity index (χ4v) is 3.29. The van der Waals surface area contributed by atoms with Crippen LogP contribution in [0.25, 0.3) is 11.5 Å². The summed E-state index contributed by atoms with van der Waals surface area (Å²) in [5.74, 6) is -1.09. The van der Waals surface area contributed by atoms with Gasteiger partial charge in [-0.25, -0.2) is 4.79 Å². The second-order valence-electron chi connectivity index (χ2n) is 6.68. The van der Waals surface area contributed by atoms with Crippen LogP contribution in [0.3, 0.4) is 0 Å². The van der Waals surface area contributed by atoms with E-state index < -0.39 is 22.8 Å². The van der Waals surface area contributed by atoms with Gasteiger partial charge in [0.1, 0.15) is 11.2 Å². The van der Waals surface area contributed by atoms with Gasteiger partial charge in [-0.05, 0) is 19.1 Å². The van der Waals surface area contributed by atoms with Crippen LogP contribution in [0, 0.1) is 5.41 Å². The summed E-state index contributed by atoms with van der Waals surface area (Å²) in [4.78, 5) is 24.5. The van der Waals surface area contributed by atoms with Crippen LogP contribution in [0.4, 0.5) is 0 Å². The lowest BCUT2D eigenvalue weighted by Gasteiger charge is -2.58. The predicted molar refractivity (Wildman–Crippen MR) is 87.9 cm³/mol. The minimum atomic E-state index is -1.40. The van der Waals surface area contributed by atoms with Crippen LogP contribution >= 0.6 is 0 Å². The van der Waals surface area contributed by atoms with Crippen LogP contribution in [0.5, 0.6) is 0 Å². The molecule has 25 heavy (non-hydrogen) atoms. The number of H-pyrrole nitrogens is 1. The van der Waals surface area contributed by atoms with Crippen molar-refractivity contribution in [1.82, 2.24) is 15.5 Å². The van der Waals surface area contributed by atoms with E-state index in [4.69, 9.17) is 9.15 Å². The number of hydrogen-bond acceptors (Lipinski definition) is 5. The molecule has 1 amide bonds. The summed E-state index contributed by atoms with van der Waals surface area (Å²) in [7, 11) is 0. The highest BCUT2D eigenvalue weighted by atomic mass is 16.5. The molecule has 2 aromatic rings. The van der Waals surface area contributed by atoms with Crippen molar-refractivity contribution in [2.75, 3.05) is 6.61 Å². The highest BCUT2D eigenvalue weighted by Gasteiger charge is 2.66. The maximum absolute atomic E-state index is 12.6. The Balaban J connectivity index is 1.80. The normalized spacial score (nSPS) is 24.5. The van der Waals surface area contributed by atoms with Gasteiger partial charge >= 0.3 is 5.97 Å². The summed E-state index contributed by atoms with van der Waals surface area (Å²) in [5, 5.41) is 19.1. The minimum absolute atomic E-state index is 0.0997. The van der Waals surface area contributed by atoms with Crippen molar-refractivity contribution in [2.24, 2.45) is 5.41 Å². The average Bonchev–Trinajstić information content (AvgIpc) is 3.23. The molecule has 0 radical (unpaired) electrons. The number of furan rings is 1. The van der Waals surface area contributed by atoms with Crippen LogP contribution in [0.2, 0.25) is 0 Å². The fraction of sp³-hybridized carbons (Fsp3) is 0.471. The van der Waals surface area contributed by atoms with Crippen molar-refractivity contribution >= 4 is 11.9 Å². The van der Waals surface area contributed by atoms with Crippen molar-refractivity contribution in [3.63, 3.8) is 0 Å². The molecule has 8 nitrogen and oxygen atoms in total. The van der Waals surface area contributed by atoms with Gasteiger partial charge in [0.05, 0.1) is 12.4 Å². The van der Waals surface area contributed by atoms with Crippen LogP contribution in [-0.2, 0) is 9.53 Å². The van der Waals surface area contributed by atoms with Crippen molar-refractivity contribution in [3.8, 4) is 11.5 Å². The van der Waals surface area contributed by atoms with E-state index >= 15 is 0 Å². The Morgan fingerprint density at radius 1 is 1.52 bits per heavy atom. The lowest BCUT2D eigenvalue weighted by molar-refractivity contribution is -0.190. The molecule has 134 valence electrons. The molecule has 3 rings (SSSR count). The van der Waals surface area contributed by atoms with E-state index in [9.17, 15) is 14.7 Å². The molecule has 0 aliphatic heterocycles. The molecule has 2 aromatic heterocycles. The molecule has 0 bridgehead atoms. The predicted octanol–water partition coefficient (Wildman–Crippen LogP) is 2.06. The number of carboxylic acid groups (broad SMARTS) is 1. The van der Waals surface area contributed by atoms with Gasteiger partial charge in [-0.3, -0.25) is 9.89 Å². The summed E-state index contributed by atoms with van der Waals surface area (Å²) in [6, 6.07) is 4.98. The first-order chi connectivity index (χ1) is 11.8. The smallest absolute Gasteiger partial charge is 0.330 e. The van der Waals surface area contributed by atoms with Crippen molar-refractivity contribution in [3.05, 3.63) is 30.2 Å². The van der Waals surface area contributed by atoms with Crippen LogP contribution < -0.4 is 5.32 Å². The van der Waals surface area contributed by atoms with E-state index in [0.717, 1.165) is 0 Å². The number of carbonyl (C=O) groups excluding carboxylic acids is 1. The number of ether oxygens (including phenoxy) is 1. The number of nitrogens with zero attached hydrogens (tertiary/aromatic N) is 1. The Morgan fingerprint density at radius 3 is 2.84 bits per heavy atom. The van der Waals surface area contributed by atoms with E-state index in [1.165, 1.54) is 12.3 Å². The van der Waals surface area contributed by atoms with Crippen molar-refractivity contribution < 1.29 is 23.8 Å². The molecule has 2 unspecified atom stereocenters. The lowest BCUT2D eigenvalue weighted by atomic mass is 9.54. The second-order valence-corrected chi connectivity index (χ2v) is 6.68. The summed E-state index contributed by atoms with van der Waals surface area (Å²) in [6.45, 7) is 5.91. The van der Waals surface area contributed by atoms with E-state index in [1.807, 2.05) is 6.92 Å². The minimum Gasteiger partial charge on any atom is -0.479 e. The number of amides is 1. The van der Waals surface area contributed by atoms with E-state index in [0.29, 0.717) is 18.1 Å². The molecule has 0 spiro atoms. The van der Waals surface area contributed by atoms with Gasteiger partial charge in [0.15, 0.2) is 11.5 Å². The molecule has 1 fully saturated rings. The third-order valence-corrected chi connectivity index (χ3v) is 5.05. The van der Waals surface area contributed by atoms with Crippen LogP contribution in [0.15, 0.2) is 28.9 Å². The van der Waals surface area contributed by atoms with Gasteiger partial charge < -0.3 is 19.6 Å². The number of hydrogen-bond donors (Lipinski definition) is 3. The van der Waals surface area contributed by atoms with Gasteiger partial charge in [0.2, 0.25) is 0 Å². The number of aromatic amines is 1. The monoisotopic (exact) mass is 347 g/mol. The average molecular weight is 347 g/mol. The Hall–Kier alpha value is -2.61. The molecule has 0 aromatic carbocycles. The Kier molecular flexibility index (Phi) is 4.16. The fourth-order valence-electron chi connectivity index (χ4n) is 3.29. The molecule has 2 heterocycles. The number of rotatable bonds is 6. The number of aromatic nitrogens is 2. The van der Waals surface area contributed by atoms with Crippen molar-refractivity contribution in [1.29, 1.82) is 0 Å². The molecule has 1 saturated carbocycles. The quantitative estimate of drug-likeness (QED) is 0.736. The van der Waals surface area contributed by atoms with Gasteiger partial charge in [0.25, 0.3) is 5.91 Å². The molecule has 3 N–H and O–H groups in total. The first-order valence-corrected chi connectivity index (χ1v) is 8.08. The van der Waals surface area contributed by atoms with E-state index in [2.05, 4.69) is 15.5 Å². The number of nitrogens with one attached hydrogen (secondary N) is 2. The zero-order chi connectivity index (χ0) is 18.2. The van der Waals surface area contributed by atoms with Gasteiger partial charge in [-0.2, -0.15) is 5.10 Å². The summed E-state index contributed by atoms with van der Waals surface area (Å²) in [5.41, 5.74) is -1.50. The van der Waals surface area contributed by atoms with Crippen LogP contribution in [0.1, 0.15) is 37.7 Å². The summed E-state index contributed by atoms with van der Waals surface area (Å²) in [6.07, 6.45) is 1.50. The molecule has 0 saturated heterocycles. The molecule has 8 heteroatoms. The highest BCUT2D eigenvalue weighted by Crippen LogP contribution is 2.51. The topological polar surface area (TPSA) is 117 Å². The van der Waals surface area contributed by atoms with E-state index in [1.54, 1.807) is 26.0 Å². The van der Waals surface area contributed by atoms with Crippen molar-refractivity contribution in [2.45, 2.75) is 38.8 Å². The first kappa shape index (κ1) is 17.2. The Bertz CT molecular complexity index is 780. The summed E-state index contributed by atoms with van der Waals surface area (Å²) >= 11 is 0. The van der Waals surface area contributed by atoms with E-state index in [-0.39, 0.29) is 18.2 Å².